The van der Waals surface area contributed by atoms with Crippen molar-refractivity contribution >= 4 is 17.7 Å². The zero-order valence-corrected chi connectivity index (χ0v) is 16.9. The second kappa shape index (κ2) is 9.15. The lowest BCUT2D eigenvalue weighted by atomic mass is 9.95. The predicted octanol–water partition coefficient (Wildman–Crippen LogP) is 2.14. The third kappa shape index (κ3) is 5.09. The molecule has 1 aliphatic heterocycles. The second-order valence-electron chi connectivity index (χ2n) is 8.10. The Hall–Kier alpha value is -3.09. The molecule has 2 N–H and O–H groups in total. The van der Waals surface area contributed by atoms with Crippen LogP contribution in [-0.4, -0.2) is 47.8 Å². The molecule has 1 aromatic carbocycles. The van der Waals surface area contributed by atoms with E-state index in [0.717, 1.165) is 31.2 Å². The summed E-state index contributed by atoms with van der Waals surface area (Å²) >= 11 is 0. The van der Waals surface area contributed by atoms with E-state index in [9.17, 15) is 14.4 Å². The van der Waals surface area contributed by atoms with Crippen LogP contribution in [0, 0.1) is 5.92 Å². The summed E-state index contributed by atoms with van der Waals surface area (Å²) in [5.74, 6) is -0.575. The summed E-state index contributed by atoms with van der Waals surface area (Å²) in [6.07, 6.45) is 5.44. The molecule has 0 bridgehead atoms. The molecule has 4 rings (SSSR count). The van der Waals surface area contributed by atoms with Gasteiger partial charge in [0.25, 0.3) is 5.91 Å². The minimum absolute atomic E-state index is 0.0363. The lowest BCUT2D eigenvalue weighted by Crippen LogP contribution is -2.53. The van der Waals surface area contributed by atoms with E-state index in [1.807, 2.05) is 30.3 Å². The Morgan fingerprint density at radius 1 is 1.07 bits per heavy atom. The molecule has 30 heavy (non-hydrogen) atoms. The largest absolute Gasteiger partial charge is 0.459 e. The van der Waals surface area contributed by atoms with Crippen LogP contribution in [-0.2, 0) is 16.0 Å². The molecule has 2 aliphatic rings. The molecule has 1 saturated carbocycles. The van der Waals surface area contributed by atoms with Gasteiger partial charge in [0, 0.05) is 25.6 Å². The van der Waals surface area contributed by atoms with Crippen molar-refractivity contribution in [2.45, 2.75) is 44.2 Å². The van der Waals surface area contributed by atoms with Crippen LogP contribution in [0.3, 0.4) is 0 Å². The fraction of sp³-hybridized carbons (Fsp3) is 0.435. The molecule has 7 nitrogen and oxygen atoms in total. The summed E-state index contributed by atoms with van der Waals surface area (Å²) in [4.78, 5) is 40.1. The van der Waals surface area contributed by atoms with Gasteiger partial charge in [0.1, 0.15) is 6.04 Å². The Morgan fingerprint density at radius 2 is 1.87 bits per heavy atom. The number of carbonyl (C=O) groups excluding carboxylic acids is 3. The number of carbonyl (C=O) groups is 3. The number of nitrogens with zero attached hydrogens (tertiary/aromatic N) is 1. The zero-order chi connectivity index (χ0) is 20.9. The van der Waals surface area contributed by atoms with Crippen LogP contribution in [0.4, 0.5) is 0 Å². The first kappa shape index (κ1) is 20.2. The van der Waals surface area contributed by atoms with E-state index in [1.54, 1.807) is 17.0 Å². The number of benzene rings is 1. The summed E-state index contributed by atoms with van der Waals surface area (Å²) in [5.41, 5.74) is 0.954. The Bertz CT molecular complexity index is 877. The minimum atomic E-state index is -0.727. The van der Waals surface area contributed by atoms with E-state index in [1.165, 1.54) is 6.26 Å². The summed E-state index contributed by atoms with van der Waals surface area (Å²) in [5, 5.41) is 5.87. The molecular weight excluding hydrogens is 382 g/mol. The molecule has 2 atom stereocenters. The van der Waals surface area contributed by atoms with Crippen LogP contribution in [0.5, 0.6) is 0 Å². The van der Waals surface area contributed by atoms with Gasteiger partial charge in [-0.3, -0.25) is 14.4 Å². The van der Waals surface area contributed by atoms with E-state index in [-0.39, 0.29) is 23.5 Å². The molecule has 2 heterocycles. The zero-order valence-electron chi connectivity index (χ0n) is 16.9. The average Bonchev–Trinajstić information content (AvgIpc) is 3.41. The topological polar surface area (TPSA) is 91.7 Å². The van der Waals surface area contributed by atoms with E-state index in [0.29, 0.717) is 25.6 Å². The number of hydrogen-bond donors (Lipinski definition) is 2. The van der Waals surface area contributed by atoms with Crippen molar-refractivity contribution in [2.24, 2.45) is 5.92 Å². The van der Waals surface area contributed by atoms with Gasteiger partial charge in [-0.05, 0) is 43.4 Å². The summed E-state index contributed by atoms with van der Waals surface area (Å²) in [6.45, 7) is 0.979. The highest BCUT2D eigenvalue weighted by Crippen LogP contribution is 2.23. The first-order valence-electron chi connectivity index (χ1n) is 10.6. The second-order valence-corrected chi connectivity index (χ2v) is 8.10. The molecule has 2 unspecified atom stereocenters. The normalized spacial score (nSPS) is 19.7. The van der Waals surface area contributed by atoms with Crippen molar-refractivity contribution in [3.05, 3.63) is 60.1 Å². The monoisotopic (exact) mass is 409 g/mol. The van der Waals surface area contributed by atoms with Crippen molar-refractivity contribution in [2.75, 3.05) is 13.1 Å². The number of piperidine rings is 1. The van der Waals surface area contributed by atoms with Gasteiger partial charge >= 0.3 is 0 Å². The van der Waals surface area contributed by atoms with Crippen LogP contribution in [0.2, 0.25) is 0 Å². The van der Waals surface area contributed by atoms with E-state index < -0.39 is 11.9 Å². The molecule has 2 fully saturated rings. The van der Waals surface area contributed by atoms with Crippen molar-refractivity contribution in [1.82, 2.24) is 15.5 Å². The van der Waals surface area contributed by atoms with Crippen LogP contribution >= 0.6 is 0 Å². The molecule has 7 heteroatoms. The third-order valence-corrected chi connectivity index (χ3v) is 5.66. The minimum Gasteiger partial charge on any atom is -0.459 e. The highest BCUT2D eigenvalue weighted by molar-refractivity contribution is 5.95. The fourth-order valence-electron chi connectivity index (χ4n) is 3.85. The first-order valence-corrected chi connectivity index (χ1v) is 10.6. The highest BCUT2D eigenvalue weighted by Gasteiger charge is 2.34. The van der Waals surface area contributed by atoms with Gasteiger partial charge in [0.2, 0.25) is 11.8 Å². The lowest BCUT2D eigenvalue weighted by Gasteiger charge is -2.34. The van der Waals surface area contributed by atoms with Crippen molar-refractivity contribution in [3.8, 4) is 0 Å². The molecule has 0 spiro atoms. The first-order chi connectivity index (χ1) is 14.6. The molecule has 1 aromatic heterocycles. The SMILES string of the molecule is O=C(NC(Cc1ccccc1)C(=O)N1CCCC(C(=O)NC2CC2)C1)c1ccco1. The number of rotatable bonds is 7. The Kier molecular flexibility index (Phi) is 6.16. The van der Waals surface area contributed by atoms with Gasteiger partial charge < -0.3 is 20.0 Å². The average molecular weight is 409 g/mol. The van der Waals surface area contributed by atoms with Gasteiger partial charge in [0.15, 0.2) is 5.76 Å². The molecule has 3 amide bonds. The van der Waals surface area contributed by atoms with Crippen molar-refractivity contribution in [1.29, 1.82) is 0 Å². The molecule has 1 saturated heterocycles. The highest BCUT2D eigenvalue weighted by atomic mass is 16.3. The van der Waals surface area contributed by atoms with Crippen molar-refractivity contribution < 1.29 is 18.8 Å². The summed E-state index contributed by atoms with van der Waals surface area (Å²) in [6, 6.07) is 12.4. The van der Waals surface area contributed by atoms with Crippen LogP contribution in [0.15, 0.2) is 53.1 Å². The van der Waals surface area contributed by atoms with Gasteiger partial charge in [-0.25, -0.2) is 0 Å². The predicted molar refractivity (Wildman–Crippen MR) is 111 cm³/mol. The van der Waals surface area contributed by atoms with E-state index in [2.05, 4.69) is 10.6 Å². The van der Waals surface area contributed by atoms with Gasteiger partial charge in [0.05, 0.1) is 12.2 Å². The molecule has 1 aliphatic carbocycles. The standard InChI is InChI=1S/C23H27N3O4/c27-21(24-18-10-11-18)17-8-4-12-26(15-17)23(29)19(14-16-6-2-1-3-7-16)25-22(28)20-9-5-13-30-20/h1-3,5-7,9,13,17-19H,4,8,10-12,14-15H2,(H,24,27)(H,25,28). The van der Waals surface area contributed by atoms with Gasteiger partial charge in [-0.15, -0.1) is 0 Å². The molecular formula is C23H27N3O4. The van der Waals surface area contributed by atoms with Crippen molar-refractivity contribution in [3.63, 3.8) is 0 Å². The Labute approximate surface area is 175 Å². The van der Waals surface area contributed by atoms with Gasteiger partial charge in [-0.1, -0.05) is 30.3 Å². The third-order valence-electron chi connectivity index (χ3n) is 5.66. The van der Waals surface area contributed by atoms with E-state index >= 15 is 0 Å². The maximum atomic E-state index is 13.4. The van der Waals surface area contributed by atoms with Crippen LogP contribution in [0.25, 0.3) is 0 Å². The maximum Gasteiger partial charge on any atom is 0.287 e. The van der Waals surface area contributed by atoms with E-state index in [4.69, 9.17) is 4.42 Å². The summed E-state index contributed by atoms with van der Waals surface area (Å²) < 4.78 is 5.17. The number of likely N-dealkylation sites (tertiary alicyclic amines) is 1. The number of hydrogen-bond acceptors (Lipinski definition) is 4. The van der Waals surface area contributed by atoms with Crippen LogP contribution < -0.4 is 10.6 Å². The quantitative estimate of drug-likeness (QED) is 0.733. The lowest BCUT2D eigenvalue weighted by molar-refractivity contribution is -0.137. The number of amides is 3. The molecule has 0 radical (unpaired) electrons. The Balaban J connectivity index is 1.46. The Morgan fingerprint density at radius 3 is 2.57 bits per heavy atom. The molecule has 158 valence electrons. The number of furan rings is 1. The molecule has 2 aromatic rings. The maximum absolute atomic E-state index is 13.4. The number of nitrogens with one attached hydrogen (secondary N) is 2. The summed E-state index contributed by atoms with van der Waals surface area (Å²) in [7, 11) is 0. The van der Waals surface area contributed by atoms with Gasteiger partial charge in [-0.2, -0.15) is 0 Å². The van der Waals surface area contributed by atoms with Crippen LogP contribution in [0.1, 0.15) is 41.8 Å². The smallest absolute Gasteiger partial charge is 0.287 e. The fourth-order valence-corrected chi connectivity index (χ4v) is 3.85.